The Balaban J connectivity index is 1.94. The summed E-state index contributed by atoms with van der Waals surface area (Å²) in [6.45, 7) is 4.50. The second kappa shape index (κ2) is 8.33. The third-order valence-electron chi connectivity index (χ3n) is 3.97. The zero-order valence-corrected chi connectivity index (χ0v) is 16.3. The van der Waals surface area contributed by atoms with Crippen LogP contribution in [0.3, 0.4) is 0 Å². The lowest BCUT2D eigenvalue weighted by molar-refractivity contribution is 0.251. The SMILES string of the molecule is CC(C)c1cccc(NC(=O)NCc2ccc(S(=O)(=O)N(C)C)cc2)c1. The Kier molecular flexibility index (Phi) is 6.39. The molecule has 0 aliphatic rings. The molecule has 0 aliphatic heterocycles. The quantitative estimate of drug-likeness (QED) is 0.812. The van der Waals surface area contributed by atoms with E-state index < -0.39 is 10.0 Å². The molecule has 2 aromatic rings. The van der Waals surface area contributed by atoms with Crippen molar-refractivity contribution in [3.63, 3.8) is 0 Å². The van der Waals surface area contributed by atoms with Gasteiger partial charge in [0.15, 0.2) is 0 Å². The molecule has 7 heteroatoms. The lowest BCUT2D eigenvalue weighted by Gasteiger charge is -2.12. The van der Waals surface area contributed by atoms with E-state index >= 15 is 0 Å². The number of carbonyl (C=O) groups is 1. The number of nitrogens with one attached hydrogen (secondary N) is 2. The maximum absolute atomic E-state index is 12.1. The summed E-state index contributed by atoms with van der Waals surface area (Å²) in [5.74, 6) is 0.386. The molecule has 0 fully saturated rings. The molecule has 0 atom stereocenters. The Morgan fingerprint density at radius 1 is 1.08 bits per heavy atom. The van der Waals surface area contributed by atoms with Crippen molar-refractivity contribution < 1.29 is 13.2 Å². The van der Waals surface area contributed by atoms with Crippen LogP contribution in [0.4, 0.5) is 10.5 Å². The van der Waals surface area contributed by atoms with E-state index in [1.54, 1.807) is 12.1 Å². The molecule has 2 N–H and O–H groups in total. The summed E-state index contributed by atoms with van der Waals surface area (Å²) in [7, 11) is -0.464. The minimum absolute atomic E-state index is 0.223. The van der Waals surface area contributed by atoms with Gasteiger partial charge in [0.25, 0.3) is 0 Å². The first-order valence-electron chi connectivity index (χ1n) is 8.36. The van der Waals surface area contributed by atoms with Crippen molar-refractivity contribution in [3.05, 3.63) is 59.7 Å². The minimum atomic E-state index is -3.44. The van der Waals surface area contributed by atoms with Crippen molar-refractivity contribution >= 4 is 21.7 Å². The van der Waals surface area contributed by atoms with Gasteiger partial charge in [-0.2, -0.15) is 0 Å². The highest BCUT2D eigenvalue weighted by Crippen LogP contribution is 2.18. The van der Waals surface area contributed by atoms with Crippen molar-refractivity contribution in [2.45, 2.75) is 31.2 Å². The molecule has 0 aromatic heterocycles. The number of rotatable bonds is 6. The summed E-state index contributed by atoms with van der Waals surface area (Å²) >= 11 is 0. The molecule has 0 saturated heterocycles. The summed E-state index contributed by atoms with van der Waals surface area (Å²) in [5, 5.41) is 5.57. The van der Waals surface area contributed by atoms with Gasteiger partial charge in [-0.05, 0) is 41.3 Å². The first-order valence-corrected chi connectivity index (χ1v) is 9.80. The predicted octanol–water partition coefficient (Wildman–Crippen LogP) is 3.38. The standard InChI is InChI=1S/C19H25N3O3S/c1-14(2)16-6-5-7-17(12-16)21-19(23)20-13-15-8-10-18(11-9-15)26(24,25)22(3)4/h5-12,14H,13H2,1-4H3,(H2,20,21,23). The van der Waals surface area contributed by atoms with Crippen molar-refractivity contribution in [2.24, 2.45) is 0 Å². The second-order valence-corrected chi connectivity index (χ2v) is 8.67. The molecule has 0 unspecified atom stereocenters. The molecule has 0 heterocycles. The third kappa shape index (κ3) is 5.06. The lowest BCUT2D eigenvalue weighted by Crippen LogP contribution is -2.28. The van der Waals surface area contributed by atoms with Crippen molar-refractivity contribution in [2.75, 3.05) is 19.4 Å². The summed E-state index contributed by atoms with van der Waals surface area (Å²) in [6, 6.07) is 13.9. The number of carbonyl (C=O) groups excluding carboxylic acids is 1. The number of amides is 2. The molecule has 0 aliphatic carbocycles. The lowest BCUT2D eigenvalue weighted by atomic mass is 10.0. The van der Waals surface area contributed by atoms with E-state index in [4.69, 9.17) is 0 Å². The smallest absolute Gasteiger partial charge is 0.319 e. The molecule has 0 radical (unpaired) electrons. The predicted molar refractivity (Wildman–Crippen MR) is 104 cm³/mol. The molecule has 2 aromatic carbocycles. The average Bonchev–Trinajstić information content (AvgIpc) is 2.60. The van der Waals surface area contributed by atoms with Crippen LogP contribution in [0.15, 0.2) is 53.4 Å². The zero-order chi connectivity index (χ0) is 19.3. The first-order chi connectivity index (χ1) is 12.2. The Hall–Kier alpha value is -2.38. The molecule has 140 valence electrons. The van der Waals surface area contributed by atoms with Gasteiger partial charge in [-0.3, -0.25) is 0 Å². The number of hydrogen-bond donors (Lipinski definition) is 2. The summed E-state index contributed by atoms with van der Waals surface area (Å²) in [4.78, 5) is 12.3. The van der Waals surface area contributed by atoms with E-state index in [9.17, 15) is 13.2 Å². The molecular weight excluding hydrogens is 350 g/mol. The van der Waals surface area contributed by atoms with Crippen LogP contribution >= 0.6 is 0 Å². The van der Waals surface area contributed by atoms with Crippen molar-refractivity contribution in [1.29, 1.82) is 0 Å². The Morgan fingerprint density at radius 2 is 1.73 bits per heavy atom. The molecule has 0 spiro atoms. The molecule has 6 nitrogen and oxygen atoms in total. The minimum Gasteiger partial charge on any atom is -0.334 e. The molecule has 2 amide bonds. The highest BCUT2D eigenvalue weighted by Gasteiger charge is 2.16. The van der Waals surface area contributed by atoms with E-state index in [1.807, 2.05) is 24.3 Å². The molecule has 26 heavy (non-hydrogen) atoms. The fraction of sp³-hybridized carbons (Fsp3) is 0.316. The number of nitrogens with zero attached hydrogens (tertiary/aromatic N) is 1. The van der Waals surface area contributed by atoms with Crippen LogP contribution < -0.4 is 10.6 Å². The van der Waals surface area contributed by atoms with Gasteiger partial charge in [0.1, 0.15) is 0 Å². The maximum Gasteiger partial charge on any atom is 0.319 e. The van der Waals surface area contributed by atoms with Crippen LogP contribution in [-0.4, -0.2) is 32.8 Å². The summed E-state index contributed by atoms with van der Waals surface area (Å²) in [5.41, 5.74) is 2.70. The Labute approximate surface area is 155 Å². The summed E-state index contributed by atoms with van der Waals surface area (Å²) in [6.07, 6.45) is 0. The molecule has 0 saturated carbocycles. The topological polar surface area (TPSA) is 78.5 Å². The number of benzene rings is 2. The van der Waals surface area contributed by atoms with Crippen LogP contribution in [0.25, 0.3) is 0 Å². The van der Waals surface area contributed by atoms with E-state index in [1.165, 1.54) is 30.5 Å². The second-order valence-electron chi connectivity index (χ2n) is 6.52. The van der Waals surface area contributed by atoms with Gasteiger partial charge in [-0.25, -0.2) is 17.5 Å². The average molecular weight is 375 g/mol. The fourth-order valence-corrected chi connectivity index (χ4v) is 3.22. The third-order valence-corrected chi connectivity index (χ3v) is 5.80. The van der Waals surface area contributed by atoms with Crippen molar-refractivity contribution in [3.8, 4) is 0 Å². The van der Waals surface area contributed by atoms with Gasteiger partial charge in [0.2, 0.25) is 10.0 Å². The van der Waals surface area contributed by atoms with E-state index in [2.05, 4.69) is 24.5 Å². The highest BCUT2D eigenvalue weighted by atomic mass is 32.2. The summed E-state index contributed by atoms with van der Waals surface area (Å²) < 4.78 is 25.2. The van der Waals surface area contributed by atoms with Crippen LogP contribution in [0.1, 0.15) is 30.9 Å². The van der Waals surface area contributed by atoms with Gasteiger partial charge in [0, 0.05) is 26.3 Å². The molecular formula is C19H25N3O3S. The van der Waals surface area contributed by atoms with Crippen LogP contribution in [0, 0.1) is 0 Å². The Morgan fingerprint density at radius 3 is 2.31 bits per heavy atom. The number of anilines is 1. The van der Waals surface area contributed by atoms with Gasteiger partial charge in [-0.15, -0.1) is 0 Å². The number of sulfonamides is 1. The number of hydrogen-bond acceptors (Lipinski definition) is 3. The Bertz CT molecular complexity index is 860. The van der Waals surface area contributed by atoms with Gasteiger partial charge in [-0.1, -0.05) is 38.1 Å². The van der Waals surface area contributed by atoms with Gasteiger partial charge >= 0.3 is 6.03 Å². The zero-order valence-electron chi connectivity index (χ0n) is 15.5. The monoisotopic (exact) mass is 375 g/mol. The normalized spacial score (nSPS) is 11.6. The first kappa shape index (κ1) is 19.9. The van der Waals surface area contributed by atoms with Gasteiger partial charge in [0.05, 0.1) is 4.90 Å². The molecule has 0 bridgehead atoms. The highest BCUT2D eigenvalue weighted by molar-refractivity contribution is 7.89. The van der Waals surface area contributed by atoms with E-state index in [0.717, 1.165) is 16.8 Å². The van der Waals surface area contributed by atoms with Gasteiger partial charge < -0.3 is 10.6 Å². The fourth-order valence-electron chi connectivity index (χ4n) is 2.32. The van der Waals surface area contributed by atoms with Crippen LogP contribution in [0.5, 0.6) is 0 Å². The van der Waals surface area contributed by atoms with E-state index in [0.29, 0.717) is 12.5 Å². The largest absolute Gasteiger partial charge is 0.334 e. The van der Waals surface area contributed by atoms with Crippen LogP contribution in [-0.2, 0) is 16.6 Å². The van der Waals surface area contributed by atoms with Crippen molar-refractivity contribution in [1.82, 2.24) is 9.62 Å². The number of urea groups is 1. The van der Waals surface area contributed by atoms with Crippen LogP contribution in [0.2, 0.25) is 0 Å². The molecule has 2 rings (SSSR count). The van der Waals surface area contributed by atoms with E-state index in [-0.39, 0.29) is 10.9 Å². The maximum atomic E-state index is 12.1.